The van der Waals surface area contributed by atoms with Crippen molar-refractivity contribution in [3.63, 3.8) is 0 Å². The lowest BCUT2D eigenvalue weighted by atomic mass is 10.2. The van der Waals surface area contributed by atoms with E-state index in [1.165, 1.54) is 6.92 Å². The number of H-pyrrole nitrogens is 1. The van der Waals surface area contributed by atoms with E-state index in [0.717, 1.165) is 10.8 Å². The summed E-state index contributed by atoms with van der Waals surface area (Å²) in [5.41, 5.74) is 6.66. The lowest BCUT2D eigenvalue weighted by Gasteiger charge is -2.36. The second kappa shape index (κ2) is 14.8. The molecule has 0 bridgehead atoms. The van der Waals surface area contributed by atoms with Gasteiger partial charge in [-0.3, -0.25) is 32.6 Å². The quantitative estimate of drug-likeness (QED) is 0.0655. The molecule has 5 unspecified atom stereocenters. The number of rotatable bonds is 17. The molecule has 1 aromatic heterocycles. The second-order valence-electron chi connectivity index (χ2n) is 8.09. The molecule has 26 heteroatoms. The van der Waals surface area contributed by atoms with Crippen LogP contribution < -0.4 is 30.8 Å². The first-order valence-corrected chi connectivity index (χ1v) is 17.0. The Morgan fingerprint density at radius 2 is 1.63 bits per heavy atom. The molecule has 0 amide bonds. The fraction of sp³-hybridized carbons (Fsp3) is 0.733. The molecule has 1 aliphatic heterocycles. The summed E-state index contributed by atoms with van der Waals surface area (Å²) in [7, 11) is -24.4. The Kier molecular flexibility index (Phi) is 12.8. The van der Waals surface area contributed by atoms with Crippen molar-refractivity contribution in [2.45, 2.75) is 51.0 Å². The summed E-state index contributed by atoms with van der Waals surface area (Å²) in [6.07, 6.45) is -2.57. The number of nitrogens with one attached hydrogen (secondary N) is 1. The molecule has 1 saturated heterocycles. The van der Waals surface area contributed by atoms with Gasteiger partial charge in [0.2, 0.25) is 0 Å². The van der Waals surface area contributed by atoms with Gasteiger partial charge in [0, 0.05) is 29.6 Å². The summed E-state index contributed by atoms with van der Waals surface area (Å²) in [6, 6.07) is 0. The first-order valence-electron chi connectivity index (χ1n) is 11.2. The smallest absolute Gasteiger partial charge is 0.330 e. The van der Waals surface area contributed by atoms with Gasteiger partial charge in [-0.2, -0.15) is 0 Å². The van der Waals surface area contributed by atoms with Crippen molar-refractivity contribution in [1.29, 1.82) is 0 Å². The molecule has 0 aromatic carbocycles. The Morgan fingerprint density at radius 3 is 2.24 bits per heavy atom. The van der Waals surface area contributed by atoms with Crippen molar-refractivity contribution in [3.8, 4) is 0 Å². The van der Waals surface area contributed by atoms with Gasteiger partial charge in [0.1, 0.15) is 12.3 Å². The predicted molar refractivity (Wildman–Crippen MR) is 124 cm³/mol. The average molecular weight is 669 g/mol. The Morgan fingerprint density at radius 1 is 1.05 bits per heavy atom. The van der Waals surface area contributed by atoms with Gasteiger partial charge < -0.3 is 38.5 Å². The van der Waals surface area contributed by atoms with Crippen LogP contribution in [-0.4, -0.2) is 46.6 Å². The molecule has 0 aliphatic carbocycles. The number of aliphatic hydroxyl groups excluding tert-OH is 1. The van der Waals surface area contributed by atoms with Crippen molar-refractivity contribution in [2.24, 2.45) is 5.11 Å². The molecule has 7 atom stereocenters. The fourth-order valence-corrected chi connectivity index (χ4v) is 7.90. The summed E-state index contributed by atoms with van der Waals surface area (Å²) in [6.45, 7) is -0.196. The molecule has 0 saturated carbocycles. The molecule has 234 valence electrons. The monoisotopic (exact) mass is 669 g/mol. The maximum atomic E-state index is 12.0. The zero-order chi connectivity index (χ0) is 31.1. The Balaban J connectivity index is 1.89. The highest BCUT2D eigenvalue weighted by Crippen LogP contribution is 2.66. The average Bonchev–Trinajstić information content (AvgIpc) is 3.17. The standard InChI is InChI=1S/C15H27N5O17P4/c1-10-8-20(15(23)18-14(10)22)13-7-11(21)12(34-13)9-33-39(26,27)36-41(30,31)37-40(28,29)35-38(24,25)32-6-4-2-3-5-17-19-16/h8,11-13,21H,2-7,9H2,1H3,(H,24,25)(H,26,27)(H,28,29)(H,30,31)(H,18,22,23)/p-4/t11?,12-,13-/m1/s1. The van der Waals surface area contributed by atoms with Crippen molar-refractivity contribution in [1.82, 2.24) is 9.55 Å². The van der Waals surface area contributed by atoms with E-state index in [9.17, 15) is 52.5 Å². The van der Waals surface area contributed by atoms with Gasteiger partial charge in [-0.15, -0.1) is 0 Å². The van der Waals surface area contributed by atoms with Gasteiger partial charge in [-0.1, -0.05) is 11.5 Å². The normalized spacial score (nSPS) is 24.9. The summed E-state index contributed by atoms with van der Waals surface area (Å²) >= 11 is 0. The number of nitrogens with zero attached hydrogens (tertiary/aromatic N) is 4. The highest BCUT2D eigenvalue weighted by atomic mass is 31.3. The minimum atomic E-state index is -6.41. The van der Waals surface area contributed by atoms with Crippen LogP contribution in [0.2, 0.25) is 0 Å². The molecule has 0 radical (unpaired) electrons. The molecule has 1 aliphatic rings. The van der Waals surface area contributed by atoms with Crippen LogP contribution >= 0.6 is 31.3 Å². The van der Waals surface area contributed by atoms with Crippen molar-refractivity contribution < 1.29 is 69.7 Å². The number of ether oxygens (including phenoxy) is 1. The van der Waals surface area contributed by atoms with Gasteiger partial charge >= 0.3 is 5.69 Å². The van der Waals surface area contributed by atoms with E-state index in [0.29, 0.717) is 12.8 Å². The number of phosphoric ester groups is 2. The number of aliphatic hydroxyl groups is 1. The van der Waals surface area contributed by atoms with Crippen LogP contribution in [0.25, 0.3) is 10.4 Å². The van der Waals surface area contributed by atoms with Crippen molar-refractivity contribution in [2.75, 3.05) is 19.8 Å². The third kappa shape index (κ3) is 12.3. The minimum absolute atomic E-state index is 0.0435. The summed E-state index contributed by atoms with van der Waals surface area (Å²) in [4.78, 5) is 75.0. The van der Waals surface area contributed by atoms with Crippen LogP contribution in [0.3, 0.4) is 0 Å². The van der Waals surface area contributed by atoms with Crippen molar-refractivity contribution >= 4 is 31.3 Å². The Hall–Kier alpha value is -1.53. The zero-order valence-corrected chi connectivity index (χ0v) is 24.4. The molecule has 22 nitrogen and oxygen atoms in total. The number of unbranched alkanes of at least 4 members (excludes halogenated alkanes) is 2. The predicted octanol–water partition coefficient (Wildman–Crippen LogP) is -1.07. The third-order valence-electron chi connectivity index (χ3n) is 4.87. The van der Waals surface area contributed by atoms with Crippen LogP contribution in [0, 0.1) is 6.92 Å². The fourth-order valence-electron chi connectivity index (χ4n) is 3.13. The van der Waals surface area contributed by atoms with E-state index in [4.69, 9.17) is 10.3 Å². The maximum absolute atomic E-state index is 12.0. The number of aromatic amines is 1. The molecule has 2 heterocycles. The van der Waals surface area contributed by atoms with Crippen LogP contribution in [0.1, 0.15) is 37.5 Å². The van der Waals surface area contributed by atoms with Gasteiger partial charge in [0.15, 0.2) is 0 Å². The topological polar surface area (TPSA) is 340 Å². The molecular formula is C15H23N5O17P4-4. The van der Waals surface area contributed by atoms with Crippen LogP contribution in [-0.2, 0) is 45.0 Å². The summed E-state index contributed by atoms with van der Waals surface area (Å²) in [5, 5.41) is 13.3. The van der Waals surface area contributed by atoms with Gasteiger partial charge in [0.25, 0.3) is 36.9 Å². The molecule has 1 fully saturated rings. The van der Waals surface area contributed by atoms with E-state index in [1.807, 2.05) is 4.98 Å². The first kappa shape index (κ1) is 35.7. The van der Waals surface area contributed by atoms with Gasteiger partial charge in [-0.25, -0.2) is 17.7 Å². The summed E-state index contributed by atoms with van der Waals surface area (Å²) in [5.74, 6) is 0. The molecule has 41 heavy (non-hydrogen) atoms. The molecule has 2 N–H and O–H groups in total. The number of hydrogen-bond donors (Lipinski definition) is 2. The molecule has 0 spiro atoms. The van der Waals surface area contributed by atoms with Crippen molar-refractivity contribution in [3.05, 3.63) is 43.0 Å². The Bertz CT molecular complexity index is 1430. The van der Waals surface area contributed by atoms with Crippen LogP contribution in [0.15, 0.2) is 20.9 Å². The number of aromatic nitrogens is 2. The summed E-state index contributed by atoms with van der Waals surface area (Å²) < 4.78 is 72.4. The van der Waals surface area contributed by atoms with E-state index >= 15 is 0 Å². The van der Waals surface area contributed by atoms with E-state index < -0.39 is 74.2 Å². The Labute approximate surface area is 229 Å². The second-order valence-corrected chi connectivity index (χ2v) is 14.1. The van der Waals surface area contributed by atoms with Gasteiger partial charge in [0.05, 0.1) is 19.3 Å². The van der Waals surface area contributed by atoms with Crippen LogP contribution in [0.5, 0.6) is 0 Å². The largest absolute Gasteiger partial charge is 0.756 e. The molecule has 2 rings (SSSR count). The van der Waals surface area contributed by atoms with E-state index in [2.05, 4.69) is 32.0 Å². The van der Waals surface area contributed by atoms with Gasteiger partial charge in [-0.05, 0) is 25.3 Å². The first-order chi connectivity index (χ1) is 18.9. The minimum Gasteiger partial charge on any atom is -0.756 e. The van der Waals surface area contributed by atoms with Crippen LogP contribution in [0.4, 0.5) is 0 Å². The van der Waals surface area contributed by atoms with E-state index in [1.54, 1.807) is 0 Å². The number of aryl methyl sites for hydroxylation is 1. The number of azide groups is 1. The molecule has 1 aromatic rings. The SMILES string of the molecule is Cc1cn([C@H]2CC(O)[C@@H](COP(=O)([O-])OP(=O)([O-])OP(=O)([O-])OP(=O)([O-])OCCCCCN=[N+]=[N-])O2)c(=O)[nH]c1=O. The zero-order valence-electron chi connectivity index (χ0n) is 20.8. The highest BCUT2D eigenvalue weighted by Gasteiger charge is 2.37. The maximum Gasteiger partial charge on any atom is 0.330 e. The third-order valence-corrected chi connectivity index (χ3v) is 10.6. The number of hydrogen-bond acceptors (Lipinski definition) is 18. The molecular weight excluding hydrogens is 646 g/mol. The lowest BCUT2D eigenvalue weighted by molar-refractivity contribution is -0.254. The lowest BCUT2D eigenvalue weighted by Crippen LogP contribution is -2.33. The highest BCUT2D eigenvalue weighted by molar-refractivity contribution is 7.68. The number of phosphoric acid groups is 4. The van der Waals surface area contributed by atoms with E-state index in [-0.39, 0.29) is 24.9 Å².